The number of hydrogen-bond donors (Lipinski definition) is 3. The van der Waals surface area contributed by atoms with Gasteiger partial charge in [0.1, 0.15) is 17.2 Å². The van der Waals surface area contributed by atoms with Crippen LogP contribution in [-0.2, 0) is 11.0 Å². The maximum atomic E-state index is 15.0. The van der Waals surface area contributed by atoms with Crippen molar-refractivity contribution in [2.75, 3.05) is 48.8 Å². The molecule has 1 aromatic carbocycles. The average Bonchev–Trinajstić information content (AvgIpc) is 3.18. The van der Waals surface area contributed by atoms with Crippen molar-refractivity contribution >= 4 is 29.0 Å². The van der Waals surface area contributed by atoms with Gasteiger partial charge in [-0.15, -0.1) is 0 Å². The van der Waals surface area contributed by atoms with Crippen molar-refractivity contribution in [3.05, 3.63) is 35.8 Å². The van der Waals surface area contributed by atoms with Gasteiger partial charge in [0.2, 0.25) is 11.9 Å². The first-order chi connectivity index (χ1) is 18.0. The predicted octanol–water partition coefficient (Wildman–Crippen LogP) is 4.63. The summed E-state index contributed by atoms with van der Waals surface area (Å²) in [5.74, 6) is -1.61. The fourth-order valence-corrected chi connectivity index (χ4v) is 5.03. The SMILES string of the molecule is CC(C)NC(=O)C1CCCC1Nc1nc(Nc2ccc(N3CCCN(C)CC3)c(F)c2)ncc1C(F)(F)F. The van der Waals surface area contributed by atoms with Crippen molar-refractivity contribution in [2.45, 2.75) is 57.8 Å². The minimum absolute atomic E-state index is 0.0724. The van der Waals surface area contributed by atoms with Crippen LogP contribution < -0.4 is 20.9 Å². The zero-order valence-electron chi connectivity index (χ0n) is 21.9. The normalized spacial score (nSPS) is 20.9. The molecule has 2 aromatic rings. The highest BCUT2D eigenvalue weighted by Gasteiger charge is 2.39. The van der Waals surface area contributed by atoms with E-state index in [0.717, 1.165) is 26.1 Å². The maximum Gasteiger partial charge on any atom is 0.421 e. The first kappa shape index (κ1) is 27.9. The fraction of sp³-hybridized carbons (Fsp3) is 0.577. The van der Waals surface area contributed by atoms with Gasteiger partial charge < -0.3 is 25.8 Å². The van der Waals surface area contributed by atoms with Crippen molar-refractivity contribution in [3.63, 3.8) is 0 Å². The van der Waals surface area contributed by atoms with E-state index < -0.39 is 35.3 Å². The third-order valence-electron chi connectivity index (χ3n) is 6.96. The summed E-state index contributed by atoms with van der Waals surface area (Å²) >= 11 is 0. The number of anilines is 4. The second kappa shape index (κ2) is 11.7. The molecule has 1 aliphatic heterocycles. The summed E-state index contributed by atoms with van der Waals surface area (Å²) in [4.78, 5) is 24.7. The Morgan fingerprint density at radius 3 is 2.61 bits per heavy atom. The molecule has 1 saturated heterocycles. The molecular formula is C26H35F4N7O. The molecule has 12 heteroatoms. The van der Waals surface area contributed by atoms with E-state index in [-0.39, 0.29) is 17.9 Å². The Morgan fingerprint density at radius 1 is 1.11 bits per heavy atom. The molecule has 2 aliphatic rings. The number of halogens is 4. The Morgan fingerprint density at radius 2 is 1.89 bits per heavy atom. The molecule has 38 heavy (non-hydrogen) atoms. The van der Waals surface area contributed by atoms with Crippen LogP contribution in [0.4, 0.5) is 40.7 Å². The van der Waals surface area contributed by atoms with Gasteiger partial charge in [0.15, 0.2) is 0 Å². The Bertz CT molecular complexity index is 1130. The molecule has 3 N–H and O–H groups in total. The fourth-order valence-electron chi connectivity index (χ4n) is 5.03. The molecule has 0 spiro atoms. The summed E-state index contributed by atoms with van der Waals surface area (Å²) in [5.41, 5.74) is -0.224. The summed E-state index contributed by atoms with van der Waals surface area (Å²) in [6, 6.07) is 4.04. The van der Waals surface area contributed by atoms with Crippen LogP contribution in [0.1, 0.15) is 45.1 Å². The monoisotopic (exact) mass is 537 g/mol. The highest BCUT2D eigenvalue weighted by molar-refractivity contribution is 5.80. The lowest BCUT2D eigenvalue weighted by Gasteiger charge is -2.24. The van der Waals surface area contributed by atoms with Crippen molar-refractivity contribution in [1.29, 1.82) is 0 Å². The minimum Gasteiger partial charge on any atom is -0.368 e. The van der Waals surface area contributed by atoms with Gasteiger partial charge in [-0.1, -0.05) is 6.42 Å². The lowest BCUT2D eigenvalue weighted by molar-refractivity contribution is -0.137. The molecular weight excluding hydrogens is 502 g/mol. The molecule has 208 valence electrons. The standard InChI is InChI=1S/C26H35F4N7O/c1-16(2)32-24(38)18-6-4-7-21(18)34-23-19(26(28,29)30)15-31-25(35-23)33-17-8-9-22(20(27)14-17)37-11-5-10-36(3)12-13-37/h8-9,14-16,18,21H,4-7,10-13H2,1-3H3,(H,32,38)(H2,31,33,34,35). The number of hydrogen-bond acceptors (Lipinski definition) is 7. The Kier molecular flexibility index (Phi) is 8.59. The molecule has 0 bridgehead atoms. The van der Waals surface area contributed by atoms with Crippen molar-refractivity contribution in [1.82, 2.24) is 20.2 Å². The zero-order chi connectivity index (χ0) is 27.4. The van der Waals surface area contributed by atoms with E-state index in [2.05, 4.69) is 30.8 Å². The minimum atomic E-state index is -4.69. The smallest absolute Gasteiger partial charge is 0.368 e. The molecule has 2 atom stereocenters. The second-order valence-electron chi connectivity index (χ2n) is 10.3. The largest absolute Gasteiger partial charge is 0.421 e. The number of aromatic nitrogens is 2. The van der Waals surface area contributed by atoms with Gasteiger partial charge in [0.05, 0.1) is 11.6 Å². The van der Waals surface area contributed by atoms with Crippen LogP contribution >= 0.6 is 0 Å². The Hall–Kier alpha value is -3.15. The van der Waals surface area contributed by atoms with Crippen LogP contribution in [0.2, 0.25) is 0 Å². The summed E-state index contributed by atoms with van der Waals surface area (Å²) in [5, 5.41) is 8.53. The number of rotatable bonds is 7. The predicted molar refractivity (Wildman–Crippen MR) is 139 cm³/mol. The molecule has 8 nitrogen and oxygen atoms in total. The van der Waals surface area contributed by atoms with E-state index in [0.29, 0.717) is 43.4 Å². The topological polar surface area (TPSA) is 85.4 Å². The highest BCUT2D eigenvalue weighted by Crippen LogP contribution is 2.37. The van der Waals surface area contributed by atoms with E-state index >= 15 is 4.39 Å². The van der Waals surface area contributed by atoms with Crippen LogP contribution in [0.25, 0.3) is 0 Å². The van der Waals surface area contributed by atoms with E-state index in [1.54, 1.807) is 12.1 Å². The number of alkyl halides is 3. The summed E-state index contributed by atoms with van der Waals surface area (Å²) in [6.07, 6.45) is -1.24. The molecule has 2 heterocycles. The van der Waals surface area contributed by atoms with Gasteiger partial charge >= 0.3 is 6.18 Å². The quantitative estimate of drug-likeness (QED) is 0.445. The number of carbonyl (C=O) groups is 1. The van der Waals surface area contributed by atoms with Crippen LogP contribution in [0, 0.1) is 11.7 Å². The van der Waals surface area contributed by atoms with Crippen LogP contribution in [0.3, 0.4) is 0 Å². The lowest BCUT2D eigenvalue weighted by Crippen LogP contribution is -2.41. The number of benzene rings is 1. The van der Waals surface area contributed by atoms with Crippen LogP contribution in [0.15, 0.2) is 24.4 Å². The van der Waals surface area contributed by atoms with Crippen LogP contribution in [-0.4, -0.2) is 66.1 Å². The molecule has 1 saturated carbocycles. The second-order valence-corrected chi connectivity index (χ2v) is 10.3. The number of carbonyl (C=O) groups excluding carboxylic acids is 1. The van der Waals surface area contributed by atoms with Gasteiger partial charge in [-0.2, -0.15) is 18.2 Å². The molecule has 1 amide bonds. The van der Waals surface area contributed by atoms with E-state index in [1.807, 2.05) is 25.8 Å². The molecule has 0 radical (unpaired) electrons. The third kappa shape index (κ3) is 6.83. The lowest BCUT2D eigenvalue weighted by atomic mass is 10.0. The van der Waals surface area contributed by atoms with E-state index in [1.165, 1.54) is 6.07 Å². The van der Waals surface area contributed by atoms with E-state index in [4.69, 9.17) is 0 Å². The Balaban J connectivity index is 1.53. The first-order valence-electron chi connectivity index (χ1n) is 13.0. The van der Waals surface area contributed by atoms with Crippen molar-refractivity contribution in [2.24, 2.45) is 5.92 Å². The molecule has 4 rings (SSSR count). The van der Waals surface area contributed by atoms with Crippen molar-refractivity contribution < 1.29 is 22.4 Å². The third-order valence-corrected chi connectivity index (χ3v) is 6.96. The Labute approximate surface area is 220 Å². The van der Waals surface area contributed by atoms with Gasteiger partial charge in [-0.25, -0.2) is 9.37 Å². The zero-order valence-corrected chi connectivity index (χ0v) is 21.9. The molecule has 1 aliphatic carbocycles. The average molecular weight is 538 g/mol. The van der Waals surface area contributed by atoms with Crippen molar-refractivity contribution in [3.8, 4) is 0 Å². The van der Waals surface area contributed by atoms with Gasteiger partial charge in [-0.3, -0.25) is 4.79 Å². The molecule has 2 fully saturated rings. The first-order valence-corrected chi connectivity index (χ1v) is 13.0. The highest BCUT2D eigenvalue weighted by atomic mass is 19.4. The summed E-state index contributed by atoms with van der Waals surface area (Å²) in [6.45, 7) is 6.89. The summed E-state index contributed by atoms with van der Waals surface area (Å²) < 4.78 is 56.3. The van der Waals surface area contributed by atoms with Gasteiger partial charge in [0, 0.05) is 43.6 Å². The van der Waals surface area contributed by atoms with Crippen LogP contribution in [0.5, 0.6) is 0 Å². The number of amides is 1. The molecule has 1 aromatic heterocycles. The van der Waals surface area contributed by atoms with E-state index in [9.17, 15) is 18.0 Å². The number of likely N-dealkylation sites (N-methyl/N-ethyl adjacent to an activating group) is 1. The van der Waals surface area contributed by atoms with Gasteiger partial charge in [0.25, 0.3) is 0 Å². The summed E-state index contributed by atoms with van der Waals surface area (Å²) in [7, 11) is 2.04. The number of nitrogens with one attached hydrogen (secondary N) is 3. The van der Waals surface area contributed by atoms with Gasteiger partial charge in [-0.05, 0) is 64.9 Å². The number of nitrogens with zero attached hydrogens (tertiary/aromatic N) is 4. The molecule has 2 unspecified atom stereocenters. The maximum absolute atomic E-state index is 15.0.